The van der Waals surface area contributed by atoms with E-state index in [1.54, 1.807) is 32.3 Å². The highest BCUT2D eigenvalue weighted by molar-refractivity contribution is 8.18. The predicted octanol–water partition coefficient (Wildman–Crippen LogP) is 0.582. The molecule has 0 bridgehead atoms. The minimum absolute atomic E-state index is 0.112. The van der Waals surface area contributed by atoms with Gasteiger partial charge < -0.3 is 9.90 Å². The number of carbonyl (C=O) groups excluding carboxylic acids is 2. The van der Waals surface area contributed by atoms with Gasteiger partial charge in [-0.25, -0.2) is 0 Å². The number of hydrogen-bond acceptors (Lipinski definition) is 5. The zero-order chi connectivity index (χ0) is 14.0. The SMILES string of the molecule is CN=C1S/C(=C\c2ccc(C(=O)[O-])cc2)C(=O)N1C. The van der Waals surface area contributed by atoms with Crippen LogP contribution in [0.2, 0.25) is 0 Å². The van der Waals surface area contributed by atoms with Crippen LogP contribution in [-0.4, -0.2) is 36.0 Å². The molecule has 0 N–H and O–H groups in total. The number of carbonyl (C=O) groups is 2. The van der Waals surface area contributed by atoms with E-state index in [4.69, 9.17) is 0 Å². The molecule has 1 saturated heterocycles. The number of aromatic carboxylic acids is 1. The quantitative estimate of drug-likeness (QED) is 0.740. The molecule has 1 aromatic rings. The maximum absolute atomic E-state index is 11.9. The number of benzene rings is 1. The molecule has 1 amide bonds. The van der Waals surface area contributed by atoms with Gasteiger partial charge in [0.25, 0.3) is 5.91 Å². The van der Waals surface area contributed by atoms with E-state index in [9.17, 15) is 14.7 Å². The topological polar surface area (TPSA) is 72.8 Å². The Bertz CT molecular complexity index is 590. The number of likely N-dealkylation sites (N-methyl/N-ethyl adjacent to an activating group) is 1. The average molecular weight is 275 g/mol. The van der Waals surface area contributed by atoms with Crippen LogP contribution >= 0.6 is 11.8 Å². The van der Waals surface area contributed by atoms with E-state index >= 15 is 0 Å². The highest BCUT2D eigenvalue weighted by atomic mass is 32.2. The first-order valence-corrected chi connectivity index (χ1v) is 6.30. The number of aliphatic imine (C=N–C) groups is 1. The van der Waals surface area contributed by atoms with Crippen molar-refractivity contribution >= 4 is 34.9 Å². The molecule has 0 aliphatic carbocycles. The number of thioether (sulfide) groups is 1. The van der Waals surface area contributed by atoms with Crippen LogP contribution in [0.3, 0.4) is 0 Å². The maximum atomic E-state index is 11.9. The van der Waals surface area contributed by atoms with Gasteiger partial charge in [0.2, 0.25) is 0 Å². The predicted molar refractivity (Wildman–Crippen MR) is 72.5 cm³/mol. The van der Waals surface area contributed by atoms with E-state index in [0.717, 1.165) is 5.56 Å². The van der Waals surface area contributed by atoms with Gasteiger partial charge in [0.05, 0.1) is 10.9 Å². The molecule has 98 valence electrons. The summed E-state index contributed by atoms with van der Waals surface area (Å²) in [6, 6.07) is 6.16. The van der Waals surface area contributed by atoms with E-state index in [-0.39, 0.29) is 11.5 Å². The molecule has 1 aromatic carbocycles. The fourth-order valence-corrected chi connectivity index (χ4v) is 2.54. The van der Waals surface area contributed by atoms with Gasteiger partial charge in [0.1, 0.15) is 0 Å². The molecular weight excluding hydrogens is 264 g/mol. The van der Waals surface area contributed by atoms with E-state index < -0.39 is 5.97 Å². The lowest BCUT2D eigenvalue weighted by atomic mass is 10.1. The molecule has 1 heterocycles. The zero-order valence-corrected chi connectivity index (χ0v) is 11.2. The van der Waals surface area contributed by atoms with Gasteiger partial charge in [0, 0.05) is 14.1 Å². The summed E-state index contributed by atoms with van der Waals surface area (Å²) in [6.45, 7) is 0. The molecule has 6 heteroatoms. The third-order valence-corrected chi connectivity index (χ3v) is 3.79. The van der Waals surface area contributed by atoms with Crippen molar-refractivity contribution in [2.24, 2.45) is 4.99 Å². The lowest BCUT2D eigenvalue weighted by molar-refractivity contribution is -0.255. The summed E-state index contributed by atoms with van der Waals surface area (Å²) in [7, 11) is 3.29. The van der Waals surface area contributed by atoms with Crippen LogP contribution in [0.4, 0.5) is 0 Å². The largest absolute Gasteiger partial charge is 0.545 e. The number of amides is 1. The van der Waals surface area contributed by atoms with Crippen LogP contribution < -0.4 is 5.11 Å². The highest BCUT2D eigenvalue weighted by Crippen LogP contribution is 2.31. The molecule has 5 nitrogen and oxygen atoms in total. The first-order valence-electron chi connectivity index (χ1n) is 5.48. The highest BCUT2D eigenvalue weighted by Gasteiger charge is 2.29. The summed E-state index contributed by atoms with van der Waals surface area (Å²) in [4.78, 5) is 28.6. The minimum Gasteiger partial charge on any atom is -0.545 e. The molecular formula is C13H11N2O3S-. The number of nitrogens with zero attached hydrogens (tertiary/aromatic N) is 2. The van der Waals surface area contributed by atoms with E-state index in [1.807, 2.05) is 0 Å². The van der Waals surface area contributed by atoms with Crippen LogP contribution in [-0.2, 0) is 4.79 Å². The summed E-state index contributed by atoms with van der Waals surface area (Å²) in [5.74, 6) is -1.33. The third-order valence-electron chi connectivity index (χ3n) is 2.64. The lowest BCUT2D eigenvalue weighted by Gasteiger charge is -2.05. The fraction of sp³-hybridized carbons (Fsp3) is 0.154. The van der Waals surface area contributed by atoms with Crippen molar-refractivity contribution < 1.29 is 14.7 Å². The van der Waals surface area contributed by atoms with Crippen LogP contribution in [0.5, 0.6) is 0 Å². The van der Waals surface area contributed by atoms with Crippen molar-refractivity contribution in [2.45, 2.75) is 0 Å². The Morgan fingerprint density at radius 1 is 1.37 bits per heavy atom. The van der Waals surface area contributed by atoms with Gasteiger partial charge in [-0.05, 0) is 29.0 Å². The number of carboxylic acid groups (broad SMARTS) is 1. The standard InChI is InChI=1S/C13H12N2O3S/c1-14-13-15(2)11(16)10(19-13)7-8-3-5-9(6-4-8)12(17)18/h3-7H,1-2H3,(H,17,18)/p-1/b10-7-,14-13?. The van der Waals surface area contributed by atoms with E-state index in [1.165, 1.54) is 28.8 Å². The van der Waals surface area contributed by atoms with Gasteiger partial charge >= 0.3 is 0 Å². The smallest absolute Gasteiger partial charge is 0.266 e. The molecule has 0 unspecified atom stereocenters. The van der Waals surface area contributed by atoms with Crippen LogP contribution in [0.15, 0.2) is 34.2 Å². The third kappa shape index (κ3) is 2.68. The Labute approximate surface area is 114 Å². The second-order valence-corrected chi connectivity index (χ2v) is 4.90. The summed E-state index contributed by atoms with van der Waals surface area (Å²) in [5, 5.41) is 11.3. The molecule has 0 aromatic heterocycles. The Hall–Kier alpha value is -2.08. The van der Waals surface area contributed by atoms with Crippen molar-refractivity contribution in [1.29, 1.82) is 0 Å². The van der Waals surface area contributed by atoms with Crippen LogP contribution in [0.1, 0.15) is 15.9 Å². The normalized spacial score (nSPS) is 19.5. The van der Waals surface area contributed by atoms with Crippen molar-refractivity contribution in [3.05, 3.63) is 40.3 Å². The van der Waals surface area contributed by atoms with E-state index in [2.05, 4.69) is 4.99 Å². The van der Waals surface area contributed by atoms with Crippen molar-refractivity contribution in [2.75, 3.05) is 14.1 Å². The van der Waals surface area contributed by atoms with Crippen LogP contribution in [0.25, 0.3) is 6.08 Å². The lowest BCUT2D eigenvalue weighted by Crippen LogP contribution is -2.23. The molecule has 0 saturated carbocycles. The number of amidine groups is 1. The summed E-state index contributed by atoms with van der Waals surface area (Å²) < 4.78 is 0. The number of hydrogen-bond donors (Lipinski definition) is 0. The molecule has 1 aliphatic heterocycles. The van der Waals surface area contributed by atoms with Gasteiger partial charge in [-0.2, -0.15) is 0 Å². The maximum Gasteiger partial charge on any atom is 0.266 e. The molecule has 19 heavy (non-hydrogen) atoms. The second kappa shape index (κ2) is 5.27. The Morgan fingerprint density at radius 2 is 2.00 bits per heavy atom. The fourth-order valence-electron chi connectivity index (χ4n) is 1.62. The molecule has 2 rings (SSSR count). The monoisotopic (exact) mass is 275 g/mol. The second-order valence-electron chi connectivity index (χ2n) is 3.89. The van der Waals surface area contributed by atoms with Crippen molar-refractivity contribution in [3.8, 4) is 0 Å². The first-order chi connectivity index (χ1) is 9.02. The summed E-state index contributed by atoms with van der Waals surface area (Å²) in [6.07, 6.45) is 1.71. The minimum atomic E-state index is -1.22. The summed E-state index contributed by atoms with van der Waals surface area (Å²) in [5.41, 5.74) is 0.868. The number of rotatable bonds is 2. The van der Waals surface area contributed by atoms with Crippen molar-refractivity contribution in [3.63, 3.8) is 0 Å². The Balaban J connectivity index is 2.27. The molecule has 1 fully saturated rings. The Kier molecular flexibility index (Phi) is 3.71. The van der Waals surface area contributed by atoms with E-state index in [0.29, 0.717) is 10.1 Å². The van der Waals surface area contributed by atoms with Gasteiger partial charge in [0.15, 0.2) is 5.17 Å². The number of carboxylic acids is 1. The van der Waals surface area contributed by atoms with Gasteiger partial charge in [-0.1, -0.05) is 24.3 Å². The Morgan fingerprint density at radius 3 is 2.47 bits per heavy atom. The molecule has 0 atom stereocenters. The molecule has 0 spiro atoms. The van der Waals surface area contributed by atoms with Crippen LogP contribution in [0, 0.1) is 0 Å². The first kappa shape index (κ1) is 13.4. The average Bonchev–Trinajstić information content (AvgIpc) is 2.67. The molecule has 1 aliphatic rings. The van der Waals surface area contributed by atoms with Gasteiger partial charge in [-0.15, -0.1) is 0 Å². The summed E-state index contributed by atoms with van der Waals surface area (Å²) >= 11 is 1.29. The van der Waals surface area contributed by atoms with Crippen molar-refractivity contribution in [1.82, 2.24) is 4.90 Å². The van der Waals surface area contributed by atoms with Gasteiger partial charge in [-0.3, -0.25) is 14.7 Å². The molecule has 0 radical (unpaired) electrons. The zero-order valence-electron chi connectivity index (χ0n) is 10.4.